The Balaban J connectivity index is 0.00000151. The second kappa shape index (κ2) is 10.8. The summed E-state index contributed by atoms with van der Waals surface area (Å²) in [6.07, 6.45) is 4.90. The number of benzene rings is 1. The molecule has 0 spiro atoms. The van der Waals surface area contributed by atoms with Gasteiger partial charge in [-0.25, -0.2) is 9.18 Å². The quantitative estimate of drug-likeness (QED) is 0.434. The first-order valence-corrected chi connectivity index (χ1v) is 8.00. The van der Waals surface area contributed by atoms with Crippen molar-refractivity contribution in [2.45, 2.75) is 20.8 Å². The molecule has 0 bridgehead atoms. The Morgan fingerprint density at radius 2 is 1.92 bits per heavy atom. The molecule has 2 rings (SSSR count). The summed E-state index contributed by atoms with van der Waals surface area (Å²) in [6.45, 7) is 9.97. The van der Waals surface area contributed by atoms with Crippen LogP contribution in [0.25, 0.3) is 5.69 Å². The van der Waals surface area contributed by atoms with Crippen LogP contribution < -0.4 is 10.4 Å². The predicted octanol–water partition coefficient (Wildman–Crippen LogP) is 3.88. The molecular weight excluding hydrogens is 323 g/mol. The molecule has 0 fully saturated rings. The van der Waals surface area contributed by atoms with Crippen LogP contribution in [0.4, 0.5) is 4.39 Å². The monoisotopic (exact) mass is 346 g/mol. The van der Waals surface area contributed by atoms with Crippen molar-refractivity contribution in [2.75, 3.05) is 13.2 Å². The number of rotatable bonds is 7. The van der Waals surface area contributed by atoms with Crippen molar-refractivity contribution in [3.05, 3.63) is 77.3 Å². The van der Waals surface area contributed by atoms with Crippen molar-refractivity contribution in [2.24, 2.45) is 0 Å². The van der Waals surface area contributed by atoms with E-state index in [2.05, 4.69) is 11.6 Å². The fraction of sp³-hybridized carbons (Fsp3) is 0.263. The zero-order valence-electron chi connectivity index (χ0n) is 14.7. The van der Waals surface area contributed by atoms with Gasteiger partial charge in [0.15, 0.2) is 0 Å². The lowest BCUT2D eigenvalue weighted by Gasteiger charge is -2.09. The Morgan fingerprint density at radius 3 is 2.52 bits per heavy atom. The van der Waals surface area contributed by atoms with Crippen LogP contribution in [0, 0.1) is 5.82 Å². The van der Waals surface area contributed by atoms with Gasteiger partial charge in [0.05, 0.1) is 11.4 Å². The van der Waals surface area contributed by atoms with Crippen LogP contribution in [0.5, 0.6) is 5.88 Å². The molecule has 0 radical (unpaired) electrons. The molecule has 0 aliphatic heterocycles. The van der Waals surface area contributed by atoms with E-state index in [0.717, 1.165) is 5.76 Å². The molecule has 134 valence electrons. The molecule has 0 aliphatic rings. The van der Waals surface area contributed by atoms with E-state index in [1.165, 1.54) is 35.0 Å². The third-order valence-corrected chi connectivity index (χ3v) is 2.90. The largest absolute Gasteiger partial charge is 0.495 e. The normalized spacial score (nSPS) is 10.5. The van der Waals surface area contributed by atoms with Crippen molar-refractivity contribution >= 4 is 0 Å². The number of hydrogen-bond acceptors (Lipinski definition) is 4. The molecule has 25 heavy (non-hydrogen) atoms. The van der Waals surface area contributed by atoms with Gasteiger partial charge in [0, 0.05) is 12.3 Å². The Labute approximate surface area is 147 Å². The Morgan fingerprint density at radius 1 is 1.24 bits per heavy atom. The zero-order chi connectivity index (χ0) is 18.7. The summed E-state index contributed by atoms with van der Waals surface area (Å²) in [5, 5.41) is 0. The van der Waals surface area contributed by atoms with Gasteiger partial charge in [-0.2, -0.15) is 4.98 Å². The molecule has 0 aliphatic carbocycles. The van der Waals surface area contributed by atoms with Gasteiger partial charge < -0.3 is 9.47 Å². The number of aromatic nitrogens is 2. The molecule has 1 aromatic heterocycles. The minimum Gasteiger partial charge on any atom is -0.495 e. The van der Waals surface area contributed by atoms with Crippen LogP contribution >= 0.6 is 0 Å². The minimum absolute atomic E-state index is 0.210. The summed E-state index contributed by atoms with van der Waals surface area (Å²) < 4.78 is 24.9. The van der Waals surface area contributed by atoms with Gasteiger partial charge in [0.25, 0.3) is 0 Å². The molecule has 1 aromatic carbocycles. The number of nitrogens with zero attached hydrogens (tertiary/aromatic N) is 2. The number of halogens is 1. The van der Waals surface area contributed by atoms with E-state index >= 15 is 0 Å². The fourth-order valence-corrected chi connectivity index (χ4v) is 1.83. The lowest BCUT2D eigenvalue weighted by Crippen LogP contribution is -2.21. The average molecular weight is 346 g/mol. The molecule has 0 saturated carbocycles. The standard InChI is InChI=1S/C17H17FN2O3.C2H6/c1-3-4-13(2)22-11-12-23-16-9-10-20(17(21)19-16)15-7-5-14(18)6-8-15;1-2/h3-10H,1,11-12H2,2H3;1-2H3/b13-4+;. The number of ether oxygens (including phenoxy) is 2. The molecule has 0 N–H and O–H groups in total. The SMILES string of the molecule is C=C/C=C(\C)OCCOc1ccn(-c2ccc(F)cc2)c(=O)n1.CC. The molecule has 0 unspecified atom stereocenters. The van der Waals surface area contributed by atoms with Gasteiger partial charge in [-0.05, 0) is 37.3 Å². The smallest absolute Gasteiger partial charge is 0.355 e. The Hall–Kier alpha value is -2.89. The maximum atomic E-state index is 12.9. The zero-order valence-corrected chi connectivity index (χ0v) is 14.7. The van der Waals surface area contributed by atoms with Crippen molar-refractivity contribution in [3.8, 4) is 11.6 Å². The molecule has 1 heterocycles. The third-order valence-electron chi connectivity index (χ3n) is 2.90. The van der Waals surface area contributed by atoms with Crippen LogP contribution in [0.2, 0.25) is 0 Å². The minimum atomic E-state index is -0.502. The Kier molecular flexibility index (Phi) is 8.71. The van der Waals surface area contributed by atoms with E-state index in [0.29, 0.717) is 12.3 Å². The van der Waals surface area contributed by atoms with Crippen LogP contribution in [0.1, 0.15) is 20.8 Å². The highest BCUT2D eigenvalue weighted by molar-refractivity contribution is 5.32. The van der Waals surface area contributed by atoms with E-state index < -0.39 is 5.69 Å². The predicted molar refractivity (Wildman–Crippen MR) is 96.5 cm³/mol. The van der Waals surface area contributed by atoms with E-state index in [4.69, 9.17) is 9.47 Å². The first-order valence-electron chi connectivity index (χ1n) is 8.00. The van der Waals surface area contributed by atoms with Gasteiger partial charge in [0.2, 0.25) is 5.88 Å². The summed E-state index contributed by atoms with van der Waals surface area (Å²) >= 11 is 0. The average Bonchev–Trinajstić information content (AvgIpc) is 2.62. The summed E-state index contributed by atoms with van der Waals surface area (Å²) in [5.74, 6) is 0.570. The second-order valence-corrected chi connectivity index (χ2v) is 4.60. The number of hydrogen-bond donors (Lipinski definition) is 0. The van der Waals surface area contributed by atoms with E-state index in [9.17, 15) is 9.18 Å². The lowest BCUT2D eigenvalue weighted by molar-refractivity contribution is 0.154. The van der Waals surface area contributed by atoms with Crippen molar-refractivity contribution in [1.29, 1.82) is 0 Å². The summed E-state index contributed by atoms with van der Waals surface area (Å²) in [5.41, 5.74) is 0.0294. The van der Waals surface area contributed by atoms with Crippen LogP contribution in [-0.4, -0.2) is 22.8 Å². The molecule has 5 nitrogen and oxygen atoms in total. The van der Waals surface area contributed by atoms with Crippen LogP contribution in [-0.2, 0) is 4.74 Å². The topological polar surface area (TPSA) is 53.4 Å². The number of allylic oxidation sites excluding steroid dienone is 3. The fourth-order valence-electron chi connectivity index (χ4n) is 1.83. The molecular formula is C19H23FN2O3. The highest BCUT2D eigenvalue weighted by Gasteiger charge is 2.04. The first kappa shape index (κ1) is 20.2. The first-order chi connectivity index (χ1) is 12.1. The van der Waals surface area contributed by atoms with Gasteiger partial charge >= 0.3 is 5.69 Å². The highest BCUT2D eigenvalue weighted by Crippen LogP contribution is 2.08. The maximum Gasteiger partial charge on any atom is 0.355 e. The lowest BCUT2D eigenvalue weighted by atomic mass is 10.3. The van der Waals surface area contributed by atoms with E-state index in [-0.39, 0.29) is 18.3 Å². The summed E-state index contributed by atoms with van der Waals surface area (Å²) in [6, 6.07) is 7.13. The van der Waals surface area contributed by atoms with Crippen molar-refractivity contribution < 1.29 is 13.9 Å². The van der Waals surface area contributed by atoms with Gasteiger partial charge in [-0.1, -0.05) is 26.5 Å². The van der Waals surface area contributed by atoms with Crippen molar-refractivity contribution in [3.63, 3.8) is 0 Å². The van der Waals surface area contributed by atoms with E-state index in [1.54, 1.807) is 18.2 Å². The van der Waals surface area contributed by atoms with Gasteiger partial charge in [-0.15, -0.1) is 0 Å². The molecule has 6 heteroatoms. The Bertz CT molecular complexity index is 752. The molecule has 0 saturated heterocycles. The van der Waals surface area contributed by atoms with Gasteiger partial charge in [-0.3, -0.25) is 4.57 Å². The molecule has 0 amide bonds. The second-order valence-electron chi connectivity index (χ2n) is 4.60. The molecule has 2 aromatic rings. The third kappa shape index (κ3) is 6.63. The van der Waals surface area contributed by atoms with Gasteiger partial charge in [0.1, 0.15) is 19.0 Å². The van der Waals surface area contributed by atoms with Crippen molar-refractivity contribution in [1.82, 2.24) is 9.55 Å². The van der Waals surface area contributed by atoms with Crippen LogP contribution in [0.15, 0.2) is 65.8 Å². The summed E-state index contributed by atoms with van der Waals surface area (Å²) in [7, 11) is 0. The maximum absolute atomic E-state index is 12.9. The van der Waals surface area contributed by atoms with Crippen LogP contribution in [0.3, 0.4) is 0 Å². The highest BCUT2D eigenvalue weighted by atomic mass is 19.1. The van der Waals surface area contributed by atoms with E-state index in [1.807, 2.05) is 20.8 Å². The molecule has 0 atom stereocenters. The summed E-state index contributed by atoms with van der Waals surface area (Å²) in [4.78, 5) is 15.8.